The van der Waals surface area contributed by atoms with Crippen molar-refractivity contribution in [1.29, 1.82) is 0 Å². The summed E-state index contributed by atoms with van der Waals surface area (Å²) in [4.78, 5) is 10.3. The van der Waals surface area contributed by atoms with Crippen molar-refractivity contribution in [3.63, 3.8) is 0 Å². The fraction of sp³-hybridized carbons (Fsp3) is 0.364. The number of carbonyl (C=O) groups excluding carboxylic acids is 1. The number of hydrogen-bond acceptors (Lipinski definition) is 2. The molecule has 0 N–H and O–H groups in total. The third-order valence-corrected chi connectivity index (χ3v) is 2.11. The maximum atomic E-state index is 10.3. The number of methoxy groups -OCH3 is 1. The van der Waals surface area contributed by atoms with Gasteiger partial charge < -0.3 is 9.53 Å². The number of benzene rings is 1. The monoisotopic (exact) mass is 178 g/mol. The first kappa shape index (κ1) is 9.78. The van der Waals surface area contributed by atoms with Crippen LogP contribution in [0.5, 0.6) is 5.75 Å². The SMILES string of the molecule is COc1cccc(C(C)CC=O)c1. The highest BCUT2D eigenvalue weighted by atomic mass is 16.5. The minimum atomic E-state index is 0.271. The molecule has 0 aliphatic carbocycles. The lowest BCUT2D eigenvalue weighted by Crippen LogP contribution is -1.94. The van der Waals surface area contributed by atoms with E-state index in [9.17, 15) is 4.79 Å². The van der Waals surface area contributed by atoms with Gasteiger partial charge in [0.25, 0.3) is 0 Å². The summed E-state index contributed by atoms with van der Waals surface area (Å²) in [5.74, 6) is 1.11. The second-order valence-corrected chi connectivity index (χ2v) is 3.08. The van der Waals surface area contributed by atoms with E-state index >= 15 is 0 Å². The van der Waals surface area contributed by atoms with E-state index in [0.717, 1.165) is 17.6 Å². The zero-order valence-corrected chi connectivity index (χ0v) is 7.99. The summed E-state index contributed by atoms with van der Waals surface area (Å²) in [6, 6.07) is 7.82. The van der Waals surface area contributed by atoms with Gasteiger partial charge in [-0.25, -0.2) is 0 Å². The molecule has 0 saturated heterocycles. The molecule has 2 heteroatoms. The molecule has 0 spiro atoms. The lowest BCUT2D eigenvalue weighted by atomic mass is 9.98. The van der Waals surface area contributed by atoms with Crippen molar-refractivity contribution in [3.8, 4) is 5.75 Å². The van der Waals surface area contributed by atoms with Crippen LogP contribution in [-0.4, -0.2) is 13.4 Å². The number of ether oxygens (including phenoxy) is 1. The molecule has 1 unspecified atom stereocenters. The molecule has 1 rings (SSSR count). The average Bonchev–Trinajstić information content (AvgIpc) is 2.18. The molecule has 1 atom stereocenters. The molecule has 13 heavy (non-hydrogen) atoms. The summed E-state index contributed by atoms with van der Waals surface area (Å²) in [7, 11) is 1.64. The lowest BCUT2D eigenvalue weighted by molar-refractivity contribution is -0.108. The smallest absolute Gasteiger partial charge is 0.120 e. The van der Waals surface area contributed by atoms with Crippen molar-refractivity contribution in [2.75, 3.05) is 7.11 Å². The van der Waals surface area contributed by atoms with Gasteiger partial charge in [0.15, 0.2) is 0 Å². The topological polar surface area (TPSA) is 26.3 Å². The maximum absolute atomic E-state index is 10.3. The Balaban J connectivity index is 2.81. The van der Waals surface area contributed by atoms with Crippen molar-refractivity contribution in [1.82, 2.24) is 0 Å². The summed E-state index contributed by atoms with van der Waals surface area (Å²) in [6.45, 7) is 2.03. The Morgan fingerprint density at radius 1 is 1.54 bits per heavy atom. The fourth-order valence-electron chi connectivity index (χ4n) is 1.23. The number of carbonyl (C=O) groups is 1. The van der Waals surface area contributed by atoms with Crippen LogP contribution in [0.2, 0.25) is 0 Å². The Morgan fingerprint density at radius 3 is 2.92 bits per heavy atom. The molecule has 1 aromatic carbocycles. The van der Waals surface area contributed by atoms with E-state index in [1.54, 1.807) is 7.11 Å². The van der Waals surface area contributed by atoms with E-state index in [0.29, 0.717) is 6.42 Å². The third kappa shape index (κ3) is 2.58. The zero-order chi connectivity index (χ0) is 9.68. The predicted octanol–water partition coefficient (Wildman–Crippen LogP) is 2.39. The molecular weight excluding hydrogens is 164 g/mol. The van der Waals surface area contributed by atoms with Gasteiger partial charge in [-0.2, -0.15) is 0 Å². The Bertz CT molecular complexity index is 281. The van der Waals surface area contributed by atoms with Gasteiger partial charge in [-0.15, -0.1) is 0 Å². The lowest BCUT2D eigenvalue weighted by Gasteiger charge is -2.09. The normalized spacial score (nSPS) is 12.2. The molecule has 1 aromatic rings. The summed E-state index contributed by atoms with van der Waals surface area (Å²) in [5.41, 5.74) is 1.14. The third-order valence-electron chi connectivity index (χ3n) is 2.11. The first-order valence-electron chi connectivity index (χ1n) is 4.35. The molecule has 0 heterocycles. The minimum Gasteiger partial charge on any atom is -0.497 e. The van der Waals surface area contributed by atoms with E-state index in [4.69, 9.17) is 4.74 Å². The highest BCUT2D eigenvalue weighted by Gasteiger charge is 2.04. The van der Waals surface area contributed by atoms with Gasteiger partial charge in [-0.1, -0.05) is 19.1 Å². The highest BCUT2D eigenvalue weighted by Crippen LogP contribution is 2.21. The van der Waals surface area contributed by atoms with Gasteiger partial charge in [0.2, 0.25) is 0 Å². The first-order chi connectivity index (χ1) is 6.27. The van der Waals surface area contributed by atoms with Gasteiger partial charge >= 0.3 is 0 Å². The number of hydrogen-bond donors (Lipinski definition) is 0. The largest absolute Gasteiger partial charge is 0.497 e. The molecule has 0 radical (unpaired) electrons. The van der Waals surface area contributed by atoms with Crippen LogP contribution in [0.3, 0.4) is 0 Å². The second-order valence-electron chi connectivity index (χ2n) is 3.08. The standard InChI is InChI=1S/C11H14O2/c1-9(6-7-12)10-4-3-5-11(8-10)13-2/h3-5,7-9H,6H2,1-2H3. The maximum Gasteiger partial charge on any atom is 0.120 e. The van der Waals surface area contributed by atoms with Crippen LogP contribution in [0.1, 0.15) is 24.8 Å². The molecule has 0 aliphatic heterocycles. The van der Waals surface area contributed by atoms with E-state index in [1.807, 2.05) is 31.2 Å². The van der Waals surface area contributed by atoms with Gasteiger partial charge in [-0.3, -0.25) is 0 Å². The molecule has 0 aliphatic rings. The molecule has 0 saturated carbocycles. The predicted molar refractivity (Wildman–Crippen MR) is 52.1 cm³/mol. The molecule has 2 nitrogen and oxygen atoms in total. The van der Waals surface area contributed by atoms with Crippen LogP contribution in [0, 0.1) is 0 Å². The molecule has 70 valence electrons. The summed E-state index contributed by atoms with van der Waals surface area (Å²) in [6.07, 6.45) is 1.51. The van der Waals surface area contributed by atoms with Gasteiger partial charge in [-0.05, 0) is 23.6 Å². The van der Waals surface area contributed by atoms with E-state index < -0.39 is 0 Å². The van der Waals surface area contributed by atoms with Crippen LogP contribution in [0.25, 0.3) is 0 Å². The second kappa shape index (κ2) is 4.65. The zero-order valence-electron chi connectivity index (χ0n) is 7.99. The first-order valence-corrected chi connectivity index (χ1v) is 4.35. The van der Waals surface area contributed by atoms with Crippen molar-refractivity contribution < 1.29 is 9.53 Å². The van der Waals surface area contributed by atoms with Crippen molar-refractivity contribution >= 4 is 6.29 Å². The number of aldehydes is 1. The Kier molecular flexibility index (Phi) is 3.50. The van der Waals surface area contributed by atoms with Crippen LogP contribution in [-0.2, 0) is 4.79 Å². The van der Waals surface area contributed by atoms with Crippen molar-refractivity contribution in [2.45, 2.75) is 19.3 Å². The van der Waals surface area contributed by atoms with E-state index in [-0.39, 0.29) is 5.92 Å². The average molecular weight is 178 g/mol. The highest BCUT2D eigenvalue weighted by molar-refractivity contribution is 5.51. The Morgan fingerprint density at radius 2 is 2.31 bits per heavy atom. The van der Waals surface area contributed by atoms with Crippen LogP contribution < -0.4 is 4.74 Å². The van der Waals surface area contributed by atoms with E-state index in [1.165, 1.54) is 0 Å². The summed E-state index contributed by atoms with van der Waals surface area (Å²) in [5, 5.41) is 0. The fourth-order valence-corrected chi connectivity index (χ4v) is 1.23. The van der Waals surface area contributed by atoms with Gasteiger partial charge in [0.1, 0.15) is 12.0 Å². The van der Waals surface area contributed by atoms with Gasteiger partial charge in [0, 0.05) is 6.42 Å². The quantitative estimate of drug-likeness (QED) is 0.662. The molecule has 0 aromatic heterocycles. The molecule has 0 amide bonds. The number of rotatable bonds is 4. The van der Waals surface area contributed by atoms with E-state index in [2.05, 4.69) is 0 Å². The van der Waals surface area contributed by atoms with Crippen molar-refractivity contribution in [3.05, 3.63) is 29.8 Å². The van der Waals surface area contributed by atoms with Crippen LogP contribution >= 0.6 is 0 Å². The molecule has 0 fully saturated rings. The van der Waals surface area contributed by atoms with Gasteiger partial charge in [0.05, 0.1) is 7.11 Å². The van der Waals surface area contributed by atoms with Crippen LogP contribution in [0.4, 0.5) is 0 Å². The van der Waals surface area contributed by atoms with Crippen LogP contribution in [0.15, 0.2) is 24.3 Å². The minimum absolute atomic E-state index is 0.271. The summed E-state index contributed by atoms with van der Waals surface area (Å²) < 4.78 is 5.09. The summed E-state index contributed by atoms with van der Waals surface area (Å²) >= 11 is 0. The Labute approximate surface area is 78.5 Å². The Hall–Kier alpha value is -1.31. The molecule has 0 bridgehead atoms. The van der Waals surface area contributed by atoms with Crippen molar-refractivity contribution in [2.24, 2.45) is 0 Å². The molecular formula is C11H14O2.